The molecular weight excluding hydrogens is 548 g/mol. The van der Waals surface area contributed by atoms with Crippen molar-refractivity contribution in [1.29, 1.82) is 0 Å². The molecule has 1 unspecified atom stereocenters. The first-order chi connectivity index (χ1) is 20.3. The number of unbranched alkanes of at least 4 members (excludes halogenated alkanes) is 8. The van der Waals surface area contributed by atoms with Crippen LogP contribution >= 0.6 is 0 Å². The molecule has 2 fully saturated rings. The van der Waals surface area contributed by atoms with Gasteiger partial charge < -0.3 is 24.8 Å². The van der Waals surface area contributed by atoms with Crippen LogP contribution in [0.15, 0.2) is 23.3 Å². The molecule has 8 heteroatoms. The molecule has 2 bridgehead atoms. The zero-order valence-electron chi connectivity index (χ0n) is 27.0. The third-order valence-electron chi connectivity index (χ3n) is 11.1. The Morgan fingerprint density at radius 3 is 2.14 bits per heavy atom. The highest BCUT2D eigenvalue weighted by Gasteiger charge is 2.81. The van der Waals surface area contributed by atoms with Gasteiger partial charge in [-0.3, -0.25) is 14.4 Å². The first-order valence-electron chi connectivity index (χ1n) is 16.7. The van der Waals surface area contributed by atoms with E-state index >= 15 is 0 Å². The van der Waals surface area contributed by atoms with E-state index in [1.807, 2.05) is 20.8 Å². The second-order valence-corrected chi connectivity index (χ2v) is 14.2. The number of aliphatic hydroxyl groups excluding tert-OH is 2. The van der Waals surface area contributed by atoms with Gasteiger partial charge in [-0.15, -0.1) is 0 Å². The van der Waals surface area contributed by atoms with Crippen LogP contribution in [0.4, 0.5) is 0 Å². The van der Waals surface area contributed by atoms with Crippen molar-refractivity contribution in [3.8, 4) is 0 Å². The van der Waals surface area contributed by atoms with Crippen LogP contribution in [-0.2, 0) is 23.9 Å². The number of fused-ring (bicyclic) bond motifs is 3. The number of carbonyl (C=O) groups excluding carboxylic acids is 3. The van der Waals surface area contributed by atoms with E-state index in [1.165, 1.54) is 25.7 Å². The minimum atomic E-state index is -2.23. The largest absolute Gasteiger partial charge is 0.461 e. The Bertz CT molecular complexity index is 1120. The lowest BCUT2D eigenvalue weighted by Gasteiger charge is -2.45. The van der Waals surface area contributed by atoms with Crippen LogP contribution < -0.4 is 0 Å². The van der Waals surface area contributed by atoms with E-state index in [0.29, 0.717) is 24.8 Å². The first-order valence-corrected chi connectivity index (χ1v) is 16.7. The zero-order valence-corrected chi connectivity index (χ0v) is 27.0. The lowest BCUT2D eigenvalue weighted by atomic mass is 9.63. The van der Waals surface area contributed by atoms with Crippen molar-refractivity contribution in [2.24, 2.45) is 22.7 Å². The SMILES string of the molecule is CCCCCCCCCC(=O)O[C@@]12CC[C@]34C=C(C)[C@H](O)[C@@]3(O)[C@H](O)C(COC(=O)CCCCC)=C[C@H](C4=O)C1C2(C)C. The van der Waals surface area contributed by atoms with Gasteiger partial charge in [-0.25, -0.2) is 0 Å². The van der Waals surface area contributed by atoms with Crippen LogP contribution in [0.1, 0.15) is 125 Å². The lowest BCUT2D eigenvalue weighted by Crippen LogP contribution is -2.63. The molecule has 0 aromatic heterocycles. The second kappa shape index (κ2) is 13.1. The van der Waals surface area contributed by atoms with Crippen LogP contribution in [0.3, 0.4) is 0 Å². The fourth-order valence-electron chi connectivity index (χ4n) is 8.52. The number of ether oxygens (including phenoxy) is 2. The molecule has 0 saturated heterocycles. The predicted molar refractivity (Wildman–Crippen MR) is 163 cm³/mol. The fourth-order valence-corrected chi connectivity index (χ4v) is 8.52. The molecule has 0 aromatic rings. The topological polar surface area (TPSA) is 130 Å². The van der Waals surface area contributed by atoms with Crippen molar-refractivity contribution in [2.45, 2.75) is 148 Å². The maximum Gasteiger partial charge on any atom is 0.306 e. The number of esters is 2. The van der Waals surface area contributed by atoms with Gasteiger partial charge >= 0.3 is 11.9 Å². The number of Topliss-reactive ketones (excluding diaryl/α,β-unsaturated/α-hetero) is 1. The number of rotatable bonds is 15. The highest BCUT2D eigenvalue weighted by atomic mass is 16.6. The molecule has 0 amide bonds. The van der Waals surface area contributed by atoms with Crippen LogP contribution in [-0.4, -0.2) is 63.1 Å². The molecule has 1 spiro atoms. The molecule has 3 N–H and O–H groups in total. The van der Waals surface area contributed by atoms with Gasteiger partial charge in [-0.05, 0) is 43.8 Å². The number of carbonyl (C=O) groups is 3. The standard InChI is InChI=1S/C35H54O8/c1-6-8-10-11-12-13-15-17-27(37)43-34-19-18-33-21-23(3)29(38)35(33,41)30(39)24(22-42-26(36)16-14-9-7-2)20-25(31(33)40)28(34)32(34,4)5/h20-21,25,28-30,38-39,41H,6-19,22H2,1-5H3/t25-,28?,29-,30+,33+,34-,35+/m0/s1. The summed E-state index contributed by atoms with van der Waals surface area (Å²) < 4.78 is 11.8. The molecule has 0 aliphatic heterocycles. The number of aliphatic hydroxyl groups is 3. The summed E-state index contributed by atoms with van der Waals surface area (Å²) in [5.74, 6) is -2.16. The predicted octanol–water partition coefficient (Wildman–Crippen LogP) is 5.51. The van der Waals surface area contributed by atoms with E-state index in [2.05, 4.69) is 6.92 Å². The van der Waals surface area contributed by atoms with Crippen molar-refractivity contribution < 1.29 is 39.2 Å². The van der Waals surface area contributed by atoms with Crippen LogP contribution in [0.2, 0.25) is 0 Å². The normalized spacial score (nSPS) is 35.6. The minimum absolute atomic E-state index is 0.118. The van der Waals surface area contributed by atoms with Crippen molar-refractivity contribution in [3.63, 3.8) is 0 Å². The number of allylic oxidation sites excluding steroid dienone is 1. The van der Waals surface area contributed by atoms with Crippen LogP contribution in [0.25, 0.3) is 0 Å². The van der Waals surface area contributed by atoms with E-state index in [4.69, 9.17) is 9.47 Å². The quantitative estimate of drug-likeness (QED) is 0.127. The summed E-state index contributed by atoms with van der Waals surface area (Å²) in [7, 11) is 0. The Balaban J connectivity index is 1.59. The van der Waals surface area contributed by atoms with E-state index < -0.39 is 46.1 Å². The van der Waals surface area contributed by atoms with Gasteiger partial charge in [-0.2, -0.15) is 0 Å². The monoisotopic (exact) mass is 602 g/mol. The van der Waals surface area contributed by atoms with Gasteiger partial charge in [0.1, 0.15) is 30.0 Å². The molecular formula is C35H54O8. The molecule has 4 aliphatic rings. The van der Waals surface area contributed by atoms with E-state index in [1.54, 1.807) is 19.1 Å². The van der Waals surface area contributed by atoms with Crippen molar-refractivity contribution in [1.82, 2.24) is 0 Å². The van der Waals surface area contributed by atoms with Gasteiger partial charge in [0.2, 0.25) is 0 Å². The maximum absolute atomic E-state index is 14.5. The number of hydrogen-bond donors (Lipinski definition) is 3. The third-order valence-corrected chi connectivity index (χ3v) is 11.1. The molecule has 0 radical (unpaired) electrons. The Morgan fingerprint density at radius 2 is 1.47 bits per heavy atom. The Kier molecular flexibility index (Phi) is 10.3. The summed E-state index contributed by atoms with van der Waals surface area (Å²) in [6, 6.07) is 0. The van der Waals surface area contributed by atoms with Gasteiger partial charge in [0.25, 0.3) is 0 Å². The van der Waals surface area contributed by atoms with Crippen LogP contribution in [0.5, 0.6) is 0 Å². The lowest BCUT2D eigenvalue weighted by molar-refractivity contribution is -0.182. The molecule has 242 valence electrons. The Morgan fingerprint density at radius 1 is 0.884 bits per heavy atom. The molecule has 7 atom stereocenters. The average molecular weight is 603 g/mol. The van der Waals surface area contributed by atoms with Crippen LogP contribution in [0, 0.1) is 22.7 Å². The van der Waals surface area contributed by atoms with E-state index in [9.17, 15) is 29.7 Å². The molecule has 4 rings (SSSR count). The fraction of sp³-hybridized carbons (Fsp3) is 0.800. The van der Waals surface area contributed by atoms with Crippen molar-refractivity contribution in [2.75, 3.05) is 6.61 Å². The smallest absolute Gasteiger partial charge is 0.306 e. The summed E-state index contributed by atoms with van der Waals surface area (Å²) >= 11 is 0. The Hall–Kier alpha value is -2.03. The molecule has 4 aliphatic carbocycles. The maximum atomic E-state index is 14.5. The van der Waals surface area contributed by atoms with E-state index in [0.717, 1.165) is 32.1 Å². The third kappa shape index (κ3) is 5.77. The second-order valence-electron chi connectivity index (χ2n) is 14.2. The summed E-state index contributed by atoms with van der Waals surface area (Å²) in [5.41, 5.74) is -4.62. The van der Waals surface area contributed by atoms with Crippen molar-refractivity contribution in [3.05, 3.63) is 23.3 Å². The molecule has 2 saturated carbocycles. The average Bonchev–Trinajstić information content (AvgIpc) is 3.41. The van der Waals surface area contributed by atoms with Gasteiger partial charge in [0, 0.05) is 30.1 Å². The summed E-state index contributed by atoms with van der Waals surface area (Å²) in [6.07, 6.45) is 11.3. The zero-order chi connectivity index (χ0) is 31.6. The number of ketones is 1. The first kappa shape index (κ1) is 33.9. The highest BCUT2D eigenvalue weighted by molar-refractivity contribution is 5.95. The minimum Gasteiger partial charge on any atom is -0.461 e. The Labute approximate surface area is 257 Å². The van der Waals surface area contributed by atoms with Gasteiger partial charge in [0.05, 0.1) is 5.41 Å². The molecule has 43 heavy (non-hydrogen) atoms. The number of hydrogen-bond acceptors (Lipinski definition) is 8. The van der Waals surface area contributed by atoms with Gasteiger partial charge in [0.15, 0.2) is 5.78 Å². The van der Waals surface area contributed by atoms with E-state index in [-0.39, 0.29) is 42.7 Å². The molecule has 8 nitrogen and oxygen atoms in total. The molecule has 0 heterocycles. The summed E-state index contributed by atoms with van der Waals surface area (Å²) in [5, 5.41) is 35.0. The van der Waals surface area contributed by atoms with Gasteiger partial charge in [-0.1, -0.05) is 91.2 Å². The highest BCUT2D eigenvalue weighted by Crippen LogP contribution is 2.74. The summed E-state index contributed by atoms with van der Waals surface area (Å²) in [4.78, 5) is 40.2. The summed E-state index contributed by atoms with van der Waals surface area (Å²) in [6.45, 7) is 9.59. The van der Waals surface area contributed by atoms with Crippen molar-refractivity contribution >= 4 is 17.7 Å². The molecule has 0 aromatic carbocycles.